The van der Waals surface area contributed by atoms with Gasteiger partial charge in [-0.1, -0.05) is 0 Å². The van der Waals surface area contributed by atoms with Crippen LogP contribution < -0.4 is 5.32 Å². The lowest BCUT2D eigenvalue weighted by atomic mass is 10.1. The molecule has 0 aromatic heterocycles. The molecule has 0 aromatic carbocycles. The number of aliphatic carboxylic acids is 1. The predicted molar refractivity (Wildman–Crippen MR) is 60.1 cm³/mol. The molecule has 0 unspecified atom stereocenters. The van der Waals surface area contributed by atoms with Crippen molar-refractivity contribution in [2.45, 2.75) is 38.6 Å². The van der Waals surface area contributed by atoms with Gasteiger partial charge in [-0.05, 0) is 26.2 Å². The van der Waals surface area contributed by atoms with Gasteiger partial charge in [0.1, 0.15) is 12.6 Å². The normalized spacial score (nSPS) is 11.5. The minimum atomic E-state index is -1.06. The van der Waals surface area contributed by atoms with E-state index in [0.717, 1.165) is 0 Å². The molecule has 96 valence electrons. The fourth-order valence-electron chi connectivity index (χ4n) is 1.24. The Hall–Kier alpha value is -1.61. The number of rotatable bonds is 9. The quantitative estimate of drug-likeness (QED) is 0.579. The zero-order valence-electron chi connectivity index (χ0n) is 9.94. The monoisotopic (exact) mass is 242 g/mol. The summed E-state index contributed by atoms with van der Waals surface area (Å²) < 4.78 is 4.87. The number of ether oxygens (including phenoxy) is 1. The van der Waals surface area contributed by atoms with Crippen LogP contribution in [0.4, 0.5) is 0 Å². The van der Waals surface area contributed by atoms with E-state index in [2.05, 4.69) is 5.32 Å². The first-order chi connectivity index (χ1) is 8.11. The molecule has 1 atom stereocenters. The molecular weight excluding hydrogens is 224 g/mol. The van der Waals surface area contributed by atoms with Crippen molar-refractivity contribution in [2.75, 3.05) is 13.2 Å². The number of carbonyl (C=O) groups is 2. The van der Waals surface area contributed by atoms with E-state index in [1.807, 2.05) is 6.07 Å². The Morgan fingerprint density at radius 2 is 2.18 bits per heavy atom. The number of carboxylic acid groups (broad SMARTS) is 1. The fourth-order valence-corrected chi connectivity index (χ4v) is 1.24. The van der Waals surface area contributed by atoms with Crippen LogP contribution in [0.3, 0.4) is 0 Å². The van der Waals surface area contributed by atoms with Crippen molar-refractivity contribution in [3.8, 4) is 6.07 Å². The molecule has 1 amide bonds. The number of nitriles is 1. The third-order valence-corrected chi connectivity index (χ3v) is 2.10. The van der Waals surface area contributed by atoms with Crippen molar-refractivity contribution in [3.05, 3.63) is 0 Å². The maximum atomic E-state index is 11.3. The maximum Gasteiger partial charge on any atom is 0.326 e. The van der Waals surface area contributed by atoms with Gasteiger partial charge >= 0.3 is 5.97 Å². The molecule has 0 aliphatic heterocycles. The van der Waals surface area contributed by atoms with E-state index in [-0.39, 0.29) is 6.61 Å². The summed E-state index contributed by atoms with van der Waals surface area (Å²) in [5.74, 6) is -1.49. The maximum absolute atomic E-state index is 11.3. The SMILES string of the molecule is CCOCC(=O)N[C@@H](CCCCC#N)C(=O)O. The summed E-state index contributed by atoms with van der Waals surface area (Å²) in [6.45, 7) is 2.04. The first kappa shape index (κ1) is 15.4. The van der Waals surface area contributed by atoms with Gasteiger partial charge in [-0.2, -0.15) is 5.26 Å². The molecule has 0 radical (unpaired) electrons. The van der Waals surface area contributed by atoms with Crippen molar-refractivity contribution in [1.29, 1.82) is 5.26 Å². The molecular formula is C11H18N2O4. The Kier molecular flexibility index (Phi) is 8.69. The van der Waals surface area contributed by atoms with Crippen LogP contribution in [0.25, 0.3) is 0 Å². The standard InChI is InChI=1S/C11H18N2O4/c1-2-17-8-10(14)13-9(11(15)16)6-4-3-5-7-12/h9H,2-6,8H2,1H3,(H,13,14)(H,15,16)/t9-/m0/s1. The number of unbranched alkanes of at least 4 members (excludes halogenated alkanes) is 2. The van der Waals surface area contributed by atoms with Crippen LogP contribution in [0.1, 0.15) is 32.6 Å². The highest BCUT2D eigenvalue weighted by atomic mass is 16.5. The average molecular weight is 242 g/mol. The number of nitrogens with zero attached hydrogens (tertiary/aromatic N) is 1. The summed E-state index contributed by atoms with van der Waals surface area (Å²) >= 11 is 0. The summed E-state index contributed by atoms with van der Waals surface area (Å²) in [4.78, 5) is 22.1. The molecule has 0 bridgehead atoms. The number of carboxylic acids is 1. The fraction of sp³-hybridized carbons (Fsp3) is 0.727. The smallest absolute Gasteiger partial charge is 0.326 e. The highest BCUT2D eigenvalue weighted by Crippen LogP contribution is 2.03. The molecule has 0 aliphatic rings. The van der Waals surface area contributed by atoms with Gasteiger partial charge in [-0.15, -0.1) is 0 Å². The highest BCUT2D eigenvalue weighted by molar-refractivity contribution is 5.84. The number of nitrogens with one attached hydrogen (secondary N) is 1. The minimum Gasteiger partial charge on any atom is -0.480 e. The van der Waals surface area contributed by atoms with E-state index in [1.54, 1.807) is 6.92 Å². The van der Waals surface area contributed by atoms with Crippen LogP contribution in [-0.4, -0.2) is 36.2 Å². The molecule has 0 rings (SSSR count). The number of hydrogen-bond donors (Lipinski definition) is 2. The lowest BCUT2D eigenvalue weighted by molar-refractivity contribution is -0.142. The first-order valence-corrected chi connectivity index (χ1v) is 5.58. The first-order valence-electron chi connectivity index (χ1n) is 5.58. The largest absolute Gasteiger partial charge is 0.480 e. The Balaban J connectivity index is 3.94. The van der Waals surface area contributed by atoms with E-state index in [4.69, 9.17) is 15.1 Å². The Bertz CT molecular complexity index is 286. The molecule has 6 nitrogen and oxygen atoms in total. The van der Waals surface area contributed by atoms with E-state index in [0.29, 0.717) is 32.3 Å². The van der Waals surface area contributed by atoms with Gasteiger partial charge in [-0.3, -0.25) is 4.79 Å². The van der Waals surface area contributed by atoms with Crippen molar-refractivity contribution in [1.82, 2.24) is 5.32 Å². The minimum absolute atomic E-state index is 0.127. The molecule has 0 saturated carbocycles. The van der Waals surface area contributed by atoms with Crippen LogP contribution in [0.5, 0.6) is 0 Å². The van der Waals surface area contributed by atoms with E-state index < -0.39 is 17.9 Å². The van der Waals surface area contributed by atoms with E-state index >= 15 is 0 Å². The zero-order chi connectivity index (χ0) is 13.1. The van der Waals surface area contributed by atoms with Crippen molar-refractivity contribution in [2.24, 2.45) is 0 Å². The molecule has 0 aromatic rings. The molecule has 0 fully saturated rings. The number of hydrogen-bond acceptors (Lipinski definition) is 4. The van der Waals surface area contributed by atoms with E-state index in [1.165, 1.54) is 0 Å². The number of amides is 1. The van der Waals surface area contributed by atoms with Crippen LogP contribution in [0.2, 0.25) is 0 Å². The Morgan fingerprint density at radius 3 is 2.71 bits per heavy atom. The Morgan fingerprint density at radius 1 is 1.47 bits per heavy atom. The third kappa shape index (κ3) is 8.22. The molecule has 17 heavy (non-hydrogen) atoms. The van der Waals surface area contributed by atoms with Crippen molar-refractivity contribution < 1.29 is 19.4 Å². The molecule has 0 spiro atoms. The van der Waals surface area contributed by atoms with Gasteiger partial charge in [0.2, 0.25) is 5.91 Å². The Labute approximate surface area is 101 Å². The van der Waals surface area contributed by atoms with Crippen LogP contribution in [0.15, 0.2) is 0 Å². The topological polar surface area (TPSA) is 99.4 Å². The van der Waals surface area contributed by atoms with Crippen molar-refractivity contribution >= 4 is 11.9 Å². The summed E-state index contributed by atoms with van der Waals surface area (Å²) in [7, 11) is 0. The summed E-state index contributed by atoms with van der Waals surface area (Å²) in [6, 6.07) is 1.08. The summed E-state index contributed by atoms with van der Waals surface area (Å²) in [5.41, 5.74) is 0. The van der Waals surface area contributed by atoms with Gasteiger partial charge in [-0.25, -0.2) is 4.79 Å². The second-order valence-electron chi connectivity index (χ2n) is 3.50. The predicted octanol–water partition coefficient (Wildman–Crippen LogP) is 0.676. The van der Waals surface area contributed by atoms with Crippen molar-refractivity contribution in [3.63, 3.8) is 0 Å². The lowest BCUT2D eigenvalue weighted by Crippen LogP contribution is -2.42. The number of carbonyl (C=O) groups excluding carboxylic acids is 1. The van der Waals surface area contributed by atoms with Gasteiger partial charge < -0.3 is 15.2 Å². The van der Waals surface area contributed by atoms with Gasteiger partial charge in [0.25, 0.3) is 0 Å². The van der Waals surface area contributed by atoms with Crippen LogP contribution in [0, 0.1) is 11.3 Å². The molecule has 0 saturated heterocycles. The van der Waals surface area contributed by atoms with E-state index in [9.17, 15) is 9.59 Å². The summed E-state index contributed by atoms with van der Waals surface area (Å²) in [5, 5.41) is 19.6. The van der Waals surface area contributed by atoms with Gasteiger partial charge in [0.05, 0.1) is 6.07 Å². The van der Waals surface area contributed by atoms with Gasteiger partial charge in [0, 0.05) is 13.0 Å². The highest BCUT2D eigenvalue weighted by Gasteiger charge is 2.18. The lowest BCUT2D eigenvalue weighted by Gasteiger charge is -2.13. The molecule has 0 heterocycles. The molecule has 2 N–H and O–H groups in total. The zero-order valence-corrected chi connectivity index (χ0v) is 9.94. The van der Waals surface area contributed by atoms with Crippen LogP contribution >= 0.6 is 0 Å². The summed E-state index contributed by atoms with van der Waals surface area (Å²) in [6.07, 6.45) is 1.97. The van der Waals surface area contributed by atoms with Gasteiger partial charge in [0.15, 0.2) is 0 Å². The molecule has 0 aliphatic carbocycles. The average Bonchev–Trinajstić information content (AvgIpc) is 2.30. The second kappa shape index (κ2) is 9.60. The molecule has 6 heteroatoms. The van der Waals surface area contributed by atoms with Crippen LogP contribution in [-0.2, 0) is 14.3 Å². The second-order valence-corrected chi connectivity index (χ2v) is 3.50. The third-order valence-electron chi connectivity index (χ3n) is 2.10.